The lowest BCUT2D eigenvalue weighted by Crippen LogP contribution is -2.45. The van der Waals surface area contributed by atoms with Gasteiger partial charge in [0.25, 0.3) is 0 Å². The molecule has 1 aliphatic rings. The van der Waals surface area contributed by atoms with Crippen molar-refractivity contribution in [2.45, 2.75) is 38.8 Å². The van der Waals surface area contributed by atoms with E-state index in [9.17, 15) is 4.79 Å². The van der Waals surface area contributed by atoms with Gasteiger partial charge in [-0.25, -0.2) is 0 Å². The van der Waals surface area contributed by atoms with Gasteiger partial charge in [-0.3, -0.25) is 4.79 Å². The molecule has 0 aromatic rings. The summed E-state index contributed by atoms with van der Waals surface area (Å²) in [5, 5.41) is 2.83. The first-order chi connectivity index (χ1) is 6.44. The number of rotatable bonds is 5. The number of carbonyl (C=O) groups is 1. The molecule has 0 spiro atoms. The maximum Gasteiger partial charge on any atom is 0.225 e. The number of hydrogen-bond donors (Lipinski definition) is 2. The third-order valence-electron chi connectivity index (χ3n) is 2.17. The summed E-state index contributed by atoms with van der Waals surface area (Å²) in [6.45, 7) is 6.91. The minimum atomic E-state index is -0.342. The van der Waals surface area contributed by atoms with Crippen molar-refractivity contribution in [1.82, 2.24) is 5.32 Å². The van der Waals surface area contributed by atoms with E-state index in [1.807, 2.05) is 20.8 Å². The van der Waals surface area contributed by atoms with Crippen molar-refractivity contribution in [2.24, 2.45) is 11.7 Å². The topological polar surface area (TPSA) is 64.3 Å². The molecule has 4 heteroatoms. The van der Waals surface area contributed by atoms with E-state index in [4.69, 9.17) is 10.5 Å². The summed E-state index contributed by atoms with van der Waals surface area (Å²) in [5.41, 5.74) is 5.41. The van der Waals surface area contributed by atoms with Crippen LogP contribution in [0.3, 0.4) is 0 Å². The molecule has 1 amide bonds. The lowest BCUT2D eigenvalue weighted by molar-refractivity contribution is -0.123. The molecule has 3 N–H and O–H groups in total. The maximum absolute atomic E-state index is 11.5. The molecule has 0 aromatic carbocycles. The first-order valence-electron chi connectivity index (χ1n) is 5.12. The largest absolute Gasteiger partial charge is 0.378 e. The molecular formula is C10H20N2O2. The molecule has 0 radical (unpaired) electrons. The quantitative estimate of drug-likeness (QED) is 0.669. The van der Waals surface area contributed by atoms with Gasteiger partial charge in [-0.05, 0) is 27.2 Å². The Hall–Kier alpha value is -0.610. The van der Waals surface area contributed by atoms with Crippen molar-refractivity contribution in [1.29, 1.82) is 0 Å². The molecular weight excluding hydrogens is 180 g/mol. The lowest BCUT2D eigenvalue weighted by Gasteiger charge is -2.18. The van der Waals surface area contributed by atoms with Crippen molar-refractivity contribution in [3.05, 3.63) is 0 Å². The fourth-order valence-electron chi connectivity index (χ4n) is 1.29. The summed E-state index contributed by atoms with van der Waals surface area (Å²) in [7, 11) is 0. The van der Waals surface area contributed by atoms with E-state index < -0.39 is 0 Å². The van der Waals surface area contributed by atoms with Gasteiger partial charge in [0, 0.05) is 18.7 Å². The zero-order valence-corrected chi connectivity index (χ0v) is 9.17. The molecule has 4 nitrogen and oxygen atoms in total. The highest BCUT2D eigenvalue weighted by Gasteiger charge is 2.43. The molecule has 1 aliphatic carbocycles. The van der Waals surface area contributed by atoms with Gasteiger partial charge in [0.1, 0.15) is 0 Å². The monoisotopic (exact) mass is 200 g/mol. The molecule has 1 rings (SSSR count). The second kappa shape index (κ2) is 4.28. The Morgan fingerprint density at radius 3 is 2.79 bits per heavy atom. The van der Waals surface area contributed by atoms with E-state index in [0.717, 1.165) is 6.42 Å². The predicted molar refractivity (Wildman–Crippen MR) is 54.8 cm³/mol. The lowest BCUT2D eigenvalue weighted by atomic mass is 10.1. The van der Waals surface area contributed by atoms with Crippen molar-refractivity contribution < 1.29 is 9.53 Å². The van der Waals surface area contributed by atoms with Crippen LogP contribution in [0.5, 0.6) is 0 Å². The number of ether oxygens (including phenoxy) is 1. The Kier molecular flexibility index (Phi) is 3.50. The highest BCUT2D eigenvalue weighted by atomic mass is 16.5. The van der Waals surface area contributed by atoms with Crippen LogP contribution in [0.4, 0.5) is 0 Å². The Bertz CT molecular complexity index is 211. The summed E-state index contributed by atoms with van der Waals surface area (Å²) in [6.07, 6.45) is 0.992. The number of carbonyl (C=O) groups excluding carboxylic acids is 1. The molecule has 0 aliphatic heterocycles. The number of hydrogen-bond acceptors (Lipinski definition) is 3. The molecule has 82 valence electrons. The van der Waals surface area contributed by atoms with Crippen LogP contribution in [0.15, 0.2) is 0 Å². The molecule has 1 fully saturated rings. The summed E-state index contributed by atoms with van der Waals surface area (Å²) in [5.74, 6) is 0.124. The van der Waals surface area contributed by atoms with E-state index in [2.05, 4.69) is 5.32 Å². The Morgan fingerprint density at radius 1 is 1.64 bits per heavy atom. The maximum atomic E-state index is 11.5. The van der Waals surface area contributed by atoms with Crippen LogP contribution in [0.1, 0.15) is 27.2 Å². The van der Waals surface area contributed by atoms with Gasteiger partial charge in [-0.1, -0.05) is 0 Å². The molecule has 2 atom stereocenters. The van der Waals surface area contributed by atoms with Gasteiger partial charge < -0.3 is 15.8 Å². The van der Waals surface area contributed by atoms with Crippen LogP contribution < -0.4 is 11.1 Å². The molecule has 0 heterocycles. The summed E-state index contributed by atoms with van der Waals surface area (Å²) >= 11 is 0. The Balaban J connectivity index is 2.18. The van der Waals surface area contributed by atoms with E-state index in [1.54, 1.807) is 0 Å². The SMILES string of the molecule is CCOC1CC1C(=O)NCC(C)(C)N. The number of nitrogens with one attached hydrogen (secondary N) is 1. The number of nitrogens with two attached hydrogens (primary N) is 1. The predicted octanol–water partition coefficient (Wildman–Crippen LogP) is 0.265. The van der Waals surface area contributed by atoms with Crippen LogP contribution >= 0.6 is 0 Å². The van der Waals surface area contributed by atoms with E-state index >= 15 is 0 Å². The average Bonchev–Trinajstić information content (AvgIpc) is 2.79. The number of amides is 1. The van der Waals surface area contributed by atoms with Crippen LogP contribution in [-0.4, -0.2) is 30.7 Å². The first kappa shape index (κ1) is 11.5. The molecule has 1 saturated carbocycles. The van der Waals surface area contributed by atoms with Crippen molar-refractivity contribution in [2.75, 3.05) is 13.2 Å². The van der Waals surface area contributed by atoms with Gasteiger partial charge >= 0.3 is 0 Å². The van der Waals surface area contributed by atoms with Crippen molar-refractivity contribution in [3.63, 3.8) is 0 Å². The smallest absolute Gasteiger partial charge is 0.225 e. The van der Waals surface area contributed by atoms with Crippen molar-refractivity contribution in [3.8, 4) is 0 Å². The average molecular weight is 200 g/mol. The Labute approximate surface area is 85.2 Å². The van der Waals surface area contributed by atoms with Crippen molar-refractivity contribution >= 4 is 5.91 Å². The zero-order chi connectivity index (χ0) is 10.8. The Morgan fingerprint density at radius 2 is 2.29 bits per heavy atom. The van der Waals surface area contributed by atoms with Crippen LogP contribution in [0.2, 0.25) is 0 Å². The summed E-state index contributed by atoms with van der Waals surface area (Å²) in [4.78, 5) is 11.5. The van der Waals surface area contributed by atoms with E-state index in [0.29, 0.717) is 13.2 Å². The molecule has 14 heavy (non-hydrogen) atoms. The minimum absolute atomic E-state index is 0.0531. The van der Waals surface area contributed by atoms with Crippen LogP contribution in [-0.2, 0) is 9.53 Å². The normalized spacial score (nSPS) is 26.0. The minimum Gasteiger partial charge on any atom is -0.378 e. The first-order valence-corrected chi connectivity index (χ1v) is 5.12. The van der Waals surface area contributed by atoms with Gasteiger partial charge in [-0.2, -0.15) is 0 Å². The fraction of sp³-hybridized carbons (Fsp3) is 0.900. The molecule has 0 bridgehead atoms. The standard InChI is InChI=1S/C10H20N2O2/c1-4-14-8-5-7(8)9(13)12-6-10(2,3)11/h7-8H,4-6,11H2,1-3H3,(H,12,13). The molecule has 2 unspecified atom stereocenters. The van der Waals surface area contributed by atoms with E-state index in [1.165, 1.54) is 0 Å². The third-order valence-corrected chi connectivity index (χ3v) is 2.17. The van der Waals surface area contributed by atoms with Gasteiger partial charge in [0.15, 0.2) is 0 Å². The highest BCUT2D eigenvalue weighted by Crippen LogP contribution is 2.33. The van der Waals surface area contributed by atoms with Crippen LogP contribution in [0.25, 0.3) is 0 Å². The fourth-order valence-corrected chi connectivity index (χ4v) is 1.29. The highest BCUT2D eigenvalue weighted by molar-refractivity contribution is 5.82. The van der Waals surface area contributed by atoms with Crippen LogP contribution in [0, 0.1) is 5.92 Å². The third kappa shape index (κ3) is 3.64. The summed E-state index contributed by atoms with van der Waals surface area (Å²) in [6, 6.07) is 0. The van der Waals surface area contributed by atoms with Gasteiger partial charge in [0.2, 0.25) is 5.91 Å². The van der Waals surface area contributed by atoms with Gasteiger partial charge in [0.05, 0.1) is 12.0 Å². The zero-order valence-electron chi connectivity index (χ0n) is 9.17. The second-order valence-electron chi connectivity index (χ2n) is 4.54. The molecule has 0 aromatic heterocycles. The second-order valence-corrected chi connectivity index (χ2v) is 4.54. The van der Waals surface area contributed by atoms with Gasteiger partial charge in [-0.15, -0.1) is 0 Å². The van der Waals surface area contributed by atoms with E-state index in [-0.39, 0.29) is 23.5 Å². The molecule has 0 saturated heterocycles. The summed E-state index contributed by atoms with van der Waals surface area (Å²) < 4.78 is 5.33.